The number of aromatic nitrogens is 1. The Hall–Kier alpha value is -3.12. The zero-order valence-corrected chi connectivity index (χ0v) is 14.7. The molecule has 0 spiro atoms. The Labute approximate surface area is 154 Å². The minimum Gasteiger partial charge on any atom is -0.355 e. The van der Waals surface area contributed by atoms with Gasteiger partial charge in [0.2, 0.25) is 0 Å². The van der Waals surface area contributed by atoms with Gasteiger partial charge >= 0.3 is 0 Å². The molecule has 0 unspecified atom stereocenters. The predicted octanol–water partition coefficient (Wildman–Crippen LogP) is 5.28. The first-order valence-electron chi connectivity index (χ1n) is 9.18. The monoisotopic (exact) mass is 339 g/mol. The van der Waals surface area contributed by atoms with Crippen LogP contribution in [0, 0.1) is 11.3 Å². The van der Waals surface area contributed by atoms with Crippen LogP contribution in [-0.2, 0) is 0 Å². The third-order valence-electron chi connectivity index (χ3n) is 4.92. The molecule has 1 aliphatic rings. The van der Waals surface area contributed by atoms with Crippen LogP contribution in [0.2, 0.25) is 0 Å². The Morgan fingerprint density at radius 3 is 2.04 bits per heavy atom. The molecule has 0 atom stereocenters. The Morgan fingerprint density at radius 2 is 1.42 bits per heavy atom. The summed E-state index contributed by atoms with van der Waals surface area (Å²) in [4.78, 5) is 7.21. The highest BCUT2D eigenvalue weighted by Crippen LogP contribution is 2.34. The molecular weight excluding hydrogens is 318 g/mol. The van der Waals surface area contributed by atoms with Crippen LogP contribution in [0.1, 0.15) is 24.8 Å². The van der Waals surface area contributed by atoms with E-state index in [1.165, 1.54) is 6.42 Å². The topological polar surface area (TPSA) is 39.9 Å². The van der Waals surface area contributed by atoms with E-state index in [9.17, 15) is 5.26 Å². The van der Waals surface area contributed by atoms with Crippen molar-refractivity contribution in [1.82, 2.24) is 4.98 Å². The summed E-state index contributed by atoms with van der Waals surface area (Å²) in [5.74, 6) is 0.826. The van der Waals surface area contributed by atoms with Gasteiger partial charge in [0.15, 0.2) is 0 Å². The average molecular weight is 339 g/mol. The van der Waals surface area contributed by atoms with E-state index in [1.807, 2.05) is 36.4 Å². The number of nitrogens with zero attached hydrogens (tertiary/aromatic N) is 3. The number of hydrogen-bond acceptors (Lipinski definition) is 3. The molecule has 0 radical (unpaired) electrons. The molecule has 3 heteroatoms. The number of rotatable bonds is 3. The second-order valence-electron chi connectivity index (χ2n) is 6.65. The molecule has 0 bridgehead atoms. The van der Waals surface area contributed by atoms with Crippen molar-refractivity contribution in [1.29, 1.82) is 5.26 Å². The van der Waals surface area contributed by atoms with Gasteiger partial charge in [0, 0.05) is 24.2 Å². The SMILES string of the molecule is N#Cc1c(-c2ccccc2)cc(-c2ccccc2)nc1N1CCCCC1. The third-order valence-corrected chi connectivity index (χ3v) is 4.92. The van der Waals surface area contributed by atoms with Gasteiger partial charge in [-0.1, -0.05) is 60.7 Å². The summed E-state index contributed by atoms with van der Waals surface area (Å²) < 4.78 is 0. The lowest BCUT2D eigenvalue weighted by Gasteiger charge is -2.29. The summed E-state index contributed by atoms with van der Waals surface area (Å²) in [6.07, 6.45) is 3.56. The number of piperidine rings is 1. The maximum atomic E-state index is 9.94. The zero-order valence-electron chi connectivity index (χ0n) is 14.7. The lowest BCUT2D eigenvalue weighted by molar-refractivity contribution is 0.573. The first-order valence-corrected chi connectivity index (χ1v) is 9.18. The molecule has 0 aliphatic carbocycles. The molecule has 0 N–H and O–H groups in total. The van der Waals surface area contributed by atoms with Gasteiger partial charge in [-0.15, -0.1) is 0 Å². The van der Waals surface area contributed by atoms with Crippen molar-refractivity contribution < 1.29 is 0 Å². The summed E-state index contributed by atoms with van der Waals surface area (Å²) in [6, 6.07) is 24.8. The number of anilines is 1. The van der Waals surface area contributed by atoms with Crippen LogP contribution < -0.4 is 4.90 Å². The van der Waals surface area contributed by atoms with Crippen LogP contribution in [0.25, 0.3) is 22.4 Å². The molecule has 1 aromatic heterocycles. The molecule has 0 amide bonds. The van der Waals surface area contributed by atoms with Gasteiger partial charge in [0.1, 0.15) is 17.5 Å². The first-order chi connectivity index (χ1) is 12.9. The minimum atomic E-state index is 0.679. The lowest BCUT2D eigenvalue weighted by atomic mass is 9.97. The highest BCUT2D eigenvalue weighted by Gasteiger charge is 2.21. The zero-order chi connectivity index (χ0) is 17.8. The standard InChI is InChI=1S/C23H21N3/c24-17-21-20(18-10-4-1-5-11-18)16-22(19-12-6-2-7-13-19)25-23(21)26-14-8-3-9-15-26/h1-2,4-7,10-13,16H,3,8-9,14-15H2. The first kappa shape index (κ1) is 16.4. The number of pyridine rings is 1. The molecular formula is C23H21N3. The van der Waals surface area contributed by atoms with Crippen molar-refractivity contribution in [2.24, 2.45) is 0 Å². The Kier molecular flexibility index (Phi) is 4.66. The second-order valence-corrected chi connectivity index (χ2v) is 6.65. The lowest BCUT2D eigenvalue weighted by Crippen LogP contribution is -2.31. The summed E-state index contributed by atoms with van der Waals surface area (Å²) >= 11 is 0. The summed E-state index contributed by atoms with van der Waals surface area (Å²) in [6.45, 7) is 1.93. The highest BCUT2D eigenvalue weighted by molar-refractivity contribution is 5.81. The van der Waals surface area contributed by atoms with E-state index in [-0.39, 0.29) is 0 Å². The summed E-state index contributed by atoms with van der Waals surface area (Å²) in [7, 11) is 0. The minimum absolute atomic E-state index is 0.679. The summed E-state index contributed by atoms with van der Waals surface area (Å²) in [5, 5.41) is 9.94. The molecule has 1 fully saturated rings. The summed E-state index contributed by atoms with van der Waals surface area (Å²) in [5.41, 5.74) is 4.69. The van der Waals surface area contributed by atoms with E-state index in [2.05, 4.69) is 41.3 Å². The Morgan fingerprint density at radius 1 is 0.808 bits per heavy atom. The van der Waals surface area contributed by atoms with Crippen LogP contribution in [0.15, 0.2) is 66.7 Å². The van der Waals surface area contributed by atoms with Gasteiger partial charge in [0.25, 0.3) is 0 Å². The van der Waals surface area contributed by atoms with Crippen molar-refractivity contribution in [3.63, 3.8) is 0 Å². The molecule has 26 heavy (non-hydrogen) atoms. The van der Waals surface area contributed by atoms with E-state index in [0.717, 1.165) is 54.1 Å². The molecule has 0 saturated carbocycles. The fraction of sp³-hybridized carbons (Fsp3) is 0.217. The average Bonchev–Trinajstić information content (AvgIpc) is 2.74. The van der Waals surface area contributed by atoms with Crippen molar-refractivity contribution in [2.75, 3.05) is 18.0 Å². The largest absolute Gasteiger partial charge is 0.355 e. The smallest absolute Gasteiger partial charge is 0.147 e. The van der Waals surface area contributed by atoms with Gasteiger partial charge in [-0.25, -0.2) is 4.98 Å². The van der Waals surface area contributed by atoms with Gasteiger partial charge in [-0.3, -0.25) is 0 Å². The van der Waals surface area contributed by atoms with E-state index < -0.39 is 0 Å². The van der Waals surface area contributed by atoms with Gasteiger partial charge in [0.05, 0.1) is 5.69 Å². The van der Waals surface area contributed by atoms with E-state index in [4.69, 9.17) is 4.98 Å². The van der Waals surface area contributed by atoms with Crippen molar-refractivity contribution >= 4 is 5.82 Å². The van der Waals surface area contributed by atoms with Crippen molar-refractivity contribution in [2.45, 2.75) is 19.3 Å². The fourth-order valence-electron chi connectivity index (χ4n) is 3.58. The fourth-order valence-corrected chi connectivity index (χ4v) is 3.58. The molecule has 2 heterocycles. The molecule has 4 rings (SSSR count). The van der Waals surface area contributed by atoms with E-state index in [1.54, 1.807) is 0 Å². The normalized spacial score (nSPS) is 14.0. The van der Waals surface area contributed by atoms with Crippen molar-refractivity contribution in [3.8, 4) is 28.5 Å². The molecule has 2 aromatic carbocycles. The molecule has 1 saturated heterocycles. The molecule has 128 valence electrons. The highest BCUT2D eigenvalue weighted by atomic mass is 15.2. The van der Waals surface area contributed by atoms with Crippen LogP contribution in [0.5, 0.6) is 0 Å². The van der Waals surface area contributed by atoms with Crippen molar-refractivity contribution in [3.05, 3.63) is 72.3 Å². The maximum absolute atomic E-state index is 9.94. The van der Waals surface area contributed by atoms with Gasteiger partial charge < -0.3 is 4.90 Å². The number of benzene rings is 2. The Bertz CT molecular complexity index is 921. The van der Waals surface area contributed by atoms with E-state index in [0.29, 0.717) is 5.56 Å². The molecule has 1 aliphatic heterocycles. The number of nitriles is 1. The van der Waals surface area contributed by atoms with Crippen LogP contribution in [-0.4, -0.2) is 18.1 Å². The van der Waals surface area contributed by atoms with Gasteiger partial charge in [-0.05, 0) is 30.9 Å². The molecule has 3 nitrogen and oxygen atoms in total. The molecule has 3 aromatic rings. The maximum Gasteiger partial charge on any atom is 0.147 e. The number of hydrogen-bond donors (Lipinski definition) is 0. The van der Waals surface area contributed by atoms with Gasteiger partial charge in [-0.2, -0.15) is 5.26 Å². The van der Waals surface area contributed by atoms with Crippen LogP contribution in [0.4, 0.5) is 5.82 Å². The quantitative estimate of drug-likeness (QED) is 0.652. The van der Waals surface area contributed by atoms with Crippen LogP contribution >= 0.6 is 0 Å². The Balaban J connectivity index is 1.93. The predicted molar refractivity (Wildman–Crippen MR) is 106 cm³/mol. The van der Waals surface area contributed by atoms with E-state index >= 15 is 0 Å². The third kappa shape index (κ3) is 3.19. The second kappa shape index (κ2) is 7.41. The van der Waals surface area contributed by atoms with Crippen LogP contribution in [0.3, 0.4) is 0 Å².